The number of carbonyl (C=O) groups excluding carboxylic acids is 2. The fraction of sp³-hybridized carbons (Fsp3) is 0.667. The SMILES string of the molecule is CC.CC(=O)NCC(N)=O. The molecule has 0 aromatic heterocycles. The predicted molar refractivity (Wildman–Crippen MR) is 39.2 cm³/mol. The van der Waals surface area contributed by atoms with E-state index in [0.29, 0.717) is 0 Å². The van der Waals surface area contributed by atoms with Crippen molar-refractivity contribution in [2.75, 3.05) is 6.54 Å². The smallest absolute Gasteiger partial charge is 0.236 e. The molecule has 0 atom stereocenters. The Kier molecular flexibility index (Phi) is 9.29. The second kappa shape index (κ2) is 7.94. The molecule has 0 fully saturated rings. The maximum atomic E-state index is 10.0. The van der Waals surface area contributed by atoms with E-state index in [2.05, 4.69) is 11.1 Å². The van der Waals surface area contributed by atoms with Crippen LogP contribution in [0.2, 0.25) is 0 Å². The highest BCUT2D eigenvalue weighted by Gasteiger charge is 1.92. The summed E-state index contributed by atoms with van der Waals surface area (Å²) in [4.78, 5) is 19.9. The van der Waals surface area contributed by atoms with Crippen molar-refractivity contribution in [1.82, 2.24) is 5.32 Å². The fourth-order valence-corrected chi connectivity index (χ4v) is 0.212. The van der Waals surface area contributed by atoms with Gasteiger partial charge in [-0.3, -0.25) is 9.59 Å². The molecule has 10 heavy (non-hydrogen) atoms. The van der Waals surface area contributed by atoms with Gasteiger partial charge in [0.25, 0.3) is 0 Å². The number of amides is 2. The van der Waals surface area contributed by atoms with Gasteiger partial charge in [0.15, 0.2) is 0 Å². The molecule has 4 heteroatoms. The number of primary amides is 1. The van der Waals surface area contributed by atoms with Gasteiger partial charge in [0, 0.05) is 6.92 Å². The number of rotatable bonds is 2. The van der Waals surface area contributed by atoms with Crippen molar-refractivity contribution in [3.63, 3.8) is 0 Å². The first-order chi connectivity index (χ1) is 4.63. The number of hydrogen-bond donors (Lipinski definition) is 2. The largest absolute Gasteiger partial charge is 0.368 e. The van der Waals surface area contributed by atoms with Crippen LogP contribution in [-0.4, -0.2) is 18.4 Å². The van der Waals surface area contributed by atoms with Gasteiger partial charge in [-0.2, -0.15) is 0 Å². The summed E-state index contributed by atoms with van der Waals surface area (Å²) in [6.45, 7) is 5.25. The minimum absolute atomic E-state index is 0.0741. The van der Waals surface area contributed by atoms with Crippen LogP contribution in [0.5, 0.6) is 0 Å². The molecule has 0 saturated carbocycles. The van der Waals surface area contributed by atoms with E-state index in [0.717, 1.165) is 0 Å². The molecule has 0 bridgehead atoms. The van der Waals surface area contributed by atoms with Gasteiger partial charge in [0.2, 0.25) is 11.8 Å². The fourth-order valence-electron chi connectivity index (χ4n) is 0.212. The minimum Gasteiger partial charge on any atom is -0.368 e. The van der Waals surface area contributed by atoms with Crippen molar-refractivity contribution < 1.29 is 9.59 Å². The van der Waals surface area contributed by atoms with E-state index in [1.54, 1.807) is 0 Å². The standard InChI is InChI=1S/C4H8N2O2.C2H6/c1-3(7)6-2-4(5)8;1-2/h2H2,1H3,(H2,5,8)(H,6,7);1-2H3. The number of nitrogens with two attached hydrogens (primary N) is 1. The first kappa shape index (κ1) is 11.7. The Balaban J connectivity index is 0. The second-order valence-electron chi connectivity index (χ2n) is 1.38. The summed E-state index contributed by atoms with van der Waals surface area (Å²) in [7, 11) is 0. The molecule has 3 N–H and O–H groups in total. The third kappa shape index (κ3) is 15.8. The lowest BCUT2D eigenvalue weighted by atomic mass is 10.6. The molecular formula is C6H14N2O2. The first-order valence-corrected chi connectivity index (χ1v) is 3.15. The van der Waals surface area contributed by atoms with Crippen molar-refractivity contribution in [3.8, 4) is 0 Å². The normalized spacial score (nSPS) is 7.10. The Morgan fingerprint density at radius 1 is 1.40 bits per heavy atom. The van der Waals surface area contributed by atoms with E-state index >= 15 is 0 Å². The average molecular weight is 146 g/mol. The van der Waals surface area contributed by atoms with Gasteiger partial charge in [0.1, 0.15) is 0 Å². The molecule has 0 heterocycles. The molecule has 0 aliphatic carbocycles. The Labute approximate surface area is 60.8 Å². The molecule has 0 radical (unpaired) electrons. The van der Waals surface area contributed by atoms with Crippen LogP contribution in [0.1, 0.15) is 20.8 Å². The zero-order valence-electron chi connectivity index (χ0n) is 6.60. The van der Waals surface area contributed by atoms with Crippen LogP contribution in [-0.2, 0) is 9.59 Å². The summed E-state index contributed by atoms with van der Waals surface area (Å²) in [5.41, 5.74) is 4.69. The zero-order valence-corrected chi connectivity index (χ0v) is 6.60. The molecule has 0 aromatic carbocycles. The van der Waals surface area contributed by atoms with Crippen LogP contribution in [0.4, 0.5) is 0 Å². The van der Waals surface area contributed by atoms with Crippen LogP contribution < -0.4 is 11.1 Å². The highest BCUT2D eigenvalue weighted by Crippen LogP contribution is 1.57. The third-order valence-electron chi connectivity index (χ3n) is 0.512. The quantitative estimate of drug-likeness (QED) is 0.558. The number of nitrogens with one attached hydrogen (secondary N) is 1. The Bertz CT molecular complexity index is 98.3. The van der Waals surface area contributed by atoms with Crippen molar-refractivity contribution in [2.45, 2.75) is 20.8 Å². The average Bonchev–Trinajstić information content (AvgIpc) is 1.89. The molecular weight excluding hydrogens is 132 g/mol. The van der Waals surface area contributed by atoms with Crippen LogP contribution >= 0.6 is 0 Å². The second-order valence-corrected chi connectivity index (χ2v) is 1.38. The van der Waals surface area contributed by atoms with E-state index in [-0.39, 0.29) is 12.5 Å². The summed E-state index contributed by atoms with van der Waals surface area (Å²) in [6, 6.07) is 0. The predicted octanol–water partition coefficient (Wildman–Crippen LogP) is -0.366. The van der Waals surface area contributed by atoms with E-state index < -0.39 is 5.91 Å². The summed E-state index contributed by atoms with van der Waals surface area (Å²) >= 11 is 0. The Morgan fingerprint density at radius 2 is 1.80 bits per heavy atom. The lowest BCUT2D eigenvalue weighted by Crippen LogP contribution is -2.31. The molecule has 2 amide bonds. The topological polar surface area (TPSA) is 72.2 Å². The van der Waals surface area contributed by atoms with Crippen molar-refractivity contribution in [3.05, 3.63) is 0 Å². The number of hydrogen-bond acceptors (Lipinski definition) is 2. The van der Waals surface area contributed by atoms with Crippen LogP contribution in [0.3, 0.4) is 0 Å². The van der Waals surface area contributed by atoms with Gasteiger partial charge >= 0.3 is 0 Å². The summed E-state index contributed by atoms with van der Waals surface area (Å²) in [5, 5.41) is 2.23. The van der Waals surface area contributed by atoms with Crippen molar-refractivity contribution >= 4 is 11.8 Å². The van der Waals surface area contributed by atoms with Crippen molar-refractivity contribution in [1.29, 1.82) is 0 Å². The minimum atomic E-state index is -0.528. The molecule has 0 saturated heterocycles. The first-order valence-electron chi connectivity index (χ1n) is 3.15. The molecule has 0 unspecified atom stereocenters. The molecule has 0 aliphatic heterocycles. The van der Waals surface area contributed by atoms with E-state index in [1.807, 2.05) is 13.8 Å². The third-order valence-corrected chi connectivity index (χ3v) is 0.512. The summed E-state index contributed by atoms with van der Waals surface area (Å²) in [6.07, 6.45) is 0. The zero-order chi connectivity index (χ0) is 8.57. The van der Waals surface area contributed by atoms with Gasteiger partial charge in [0.05, 0.1) is 6.54 Å². The highest BCUT2D eigenvalue weighted by molar-refractivity contribution is 5.82. The maximum absolute atomic E-state index is 10.0. The Hall–Kier alpha value is -1.06. The van der Waals surface area contributed by atoms with Crippen molar-refractivity contribution in [2.24, 2.45) is 5.73 Å². The van der Waals surface area contributed by atoms with Crippen LogP contribution in [0, 0.1) is 0 Å². The van der Waals surface area contributed by atoms with E-state index in [9.17, 15) is 9.59 Å². The van der Waals surface area contributed by atoms with E-state index in [1.165, 1.54) is 6.92 Å². The van der Waals surface area contributed by atoms with Gasteiger partial charge in [-0.15, -0.1) is 0 Å². The van der Waals surface area contributed by atoms with Gasteiger partial charge in [-0.05, 0) is 0 Å². The van der Waals surface area contributed by atoms with Crippen LogP contribution in [0.25, 0.3) is 0 Å². The maximum Gasteiger partial charge on any atom is 0.236 e. The molecule has 0 aromatic rings. The lowest BCUT2D eigenvalue weighted by molar-refractivity contribution is -0.123. The van der Waals surface area contributed by atoms with Gasteiger partial charge < -0.3 is 11.1 Å². The van der Waals surface area contributed by atoms with E-state index in [4.69, 9.17) is 0 Å². The van der Waals surface area contributed by atoms with Gasteiger partial charge in [-0.1, -0.05) is 13.8 Å². The van der Waals surface area contributed by atoms with Crippen LogP contribution in [0.15, 0.2) is 0 Å². The molecule has 0 rings (SSSR count). The molecule has 4 nitrogen and oxygen atoms in total. The highest BCUT2D eigenvalue weighted by atomic mass is 16.2. The molecule has 0 aliphatic rings. The Morgan fingerprint density at radius 3 is 1.90 bits per heavy atom. The summed E-state index contributed by atoms with van der Waals surface area (Å²) < 4.78 is 0. The van der Waals surface area contributed by atoms with Gasteiger partial charge in [-0.25, -0.2) is 0 Å². The molecule has 60 valence electrons. The summed E-state index contributed by atoms with van der Waals surface area (Å²) in [5.74, 6) is -0.774. The lowest BCUT2D eigenvalue weighted by Gasteiger charge is -1.93. The molecule has 0 spiro atoms. The monoisotopic (exact) mass is 146 g/mol. The number of carbonyl (C=O) groups is 2.